The monoisotopic (exact) mass is 369 g/mol. The van der Waals surface area contributed by atoms with Gasteiger partial charge in [-0.1, -0.05) is 12.1 Å². The van der Waals surface area contributed by atoms with Crippen molar-refractivity contribution < 1.29 is 19.4 Å². The summed E-state index contributed by atoms with van der Waals surface area (Å²) in [4.78, 5) is 31.4. The third-order valence-electron chi connectivity index (χ3n) is 4.86. The molecule has 1 aromatic heterocycles. The first-order chi connectivity index (χ1) is 13.0. The first-order valence-electron chi connectivity index (χ1n) is 8.87. The summed E-state index contributed by atoms with van der Waals surface area (Å²) in [5, 5.41) is 8.94. The van der Waals surface area contributed by atoms with Crippen LogP contribution in [-0.2, 0) is 4.79 Å². The number of pyridine rings is 1. The molecule has 142 valence electrons. The molecule has 0 bridgehead atoms. The summed E-state index contributed by atoms with van der Waals surface area (Å²) in [7, 11) is 0. The van der Waals surface area contributed by atoms with E-state index in [2.05, 4.69) is 4.98 Å². The molecule has 1 saturated heterocycles. The Morgan fingerprint density at radius 1 is 1.11 bits per heavy atom. The van der Waals surface area contributed by atoms with E-state index in [1.54, 1.807) is 17.0 Å². The van der Waals surface area contributed by atoms with Crippen molar-refractivity contribution in [2.24, 2.45) is 0 Å². The third kappa shape index (κ3) is 4.36. The minimum Gasteiger partial charge on any atom is -0.483 e. The smallest absolute Gasteiger partial charge is 0.337 e. The minimum atomic E-state index is -0.992. The number of hydrogen-bond acceptors (Lipinski definition) is 5. The first kappa shape index (κ1) is 18.7. The van der Waals surface area contributed by atoms with E-state index in [1.807, 2.05) is 36.9 Å². The molecule has 7 nitrogen and oxygen atoms in total. The minimum absolute atomic E-state index is 0.0237. The molecule has 3 rings (SSSR count). The summed E-state index contributed by atoms with van der Waals surface area (Å²) < 4.78 is 5.71. The van der Waals surface area contributed by atoms with Gasteiger partial charge < -0.3 is 19.6 Å². The molecule has 1 aromatic carbocycles. The number of hydrogen-bond donors (Lipinski definition) is 1. The summed E-state index contributed by atoms with van der Waals surface area (Å²) in [6.45, 7) is 6.48. The van der Waals surface area contributed by atoms with Gasteiger partial charge in [-0.05, 0) is 43.2 Å². The lowest BCUT2D eigenvalue weighted by Crippen LogP contribution is -2.50. The van der Waals surface area contributed by atoms with Gasteiger partial charge in [0.15, 0.2) is 6.61 Å². The molecule has 0 spiro atoms. The van der Waals surface area contributed by atoms with Gasteiger partial charge in [-0.2, -0.15) is 0 Å². The fraction of sp³-hybridized carbons (Fsp3) is 0.350. The van der Waals surface area contributed by atoms with Crippen molar-refractivity contribution in [2.45, 2.75) is 13.8 Å². The van der Waals surface area contributed by atoms with Gasteiger partial charge in [0.1, 0.15) is 11.6 Å². The number of nitrogens with zero attached hydrogens (tertiary/aromatic N) is 3. The van der Waals surface area contributed by atoms with Crippen molar-refractivity contribution in [3.8, 4) is 5.75 Å². The molecule has 1 amide bonds. The van der Waals surface area contributed by atoms with Crippen LogP contribution in [0, 0.1) is 13.8 Å². The van der Waals surface area contributed by atoms with E-state index in [0.717, 1.165) is 22.7 Å². The van der Waals surface area contributed by atoms with Crippen LogP contribution in [0.4, 0.5) is 5.82 Å². The van der Waals surface area contributed by atoms with Crippen molar-refractivity contribution >= 4 is 17.7 Å². The van der Waals surface area contributed by atoms with Crippen LogP contribution in [0.15, 0.2) is 36.5 Å². The quantitative estimate of drug-likeness (QED) is 0.869. The van der Waals surface area contributed by atoms with E-state index in [0.29, 0.717) is 26.2 Å². The van der Waals surface area contributed by atoms with Crippen molar-refractivity contribution in [3.63, 3.8) is 0 Å². The maximum absolute atomic E-state index is 12.4. The fourth-order valence-corrected chi connectivity index (χ4v) is 3.00. The largest absolute Gasteiger partial charge is 0.483 e. The Kier molecular flexibility index (Phi) is 5.59. The van der Waals surface area contributed by atoms with Gasteiger partial charge >= 0.3 is 5.97 Å². The second-order valence-corrected chi connectivity index (χ2v) is 6.56. The summed E-state index contributed by atoms with van der Waals surface area (Å²) in [6.07, 6.45) is 1.35. The number of benzene rings is 1. The maximum Gasteiger partial charge on any atom is 0.337 e. The Morgan fingerprint density at radius 2 is 1.85 bits per heavy atom. The molecule has 1 aliphatic heterocycles. The number of aromatic carboxylic acids is 1. The fourth-order valence-electron chi connectivity index (χ4n) is 3.00. The lowest BCUT2D eigenvalue weighted by Gasteiger charge is -2.35. The van der Waals surface area contributed by atoms with Gasteiger partial charge in [0, 0.05) is 32.4 Å². The molecule has 0 unspecified atom stereocenters. The van der Waals surface area contributed by atoms with Crippen LogP contribution < -0.4 is 9.64 Å². The molecule has 7 heteroatoms. The van der Waals surface area contributed by atoms with E-state index in [9.17, 15) is 9.59 Å². The highest BCUT2D eigenvalue weighted by Crippen LogP contribution is 2.21. The second-order valence-electron chi connectivity index (χ2n) is 6.56. The van der Waals surface area contributed by atoms with Crippen LogP contribution in [0.3, 0.4) is 0 Å². The van der Waals surface area contributed by atoms with E-state index in [-0.39, 0.29) is 18.1 Å². The number of aryl methyl sites for hydroxylation is 1. The van der Waals surface area contributed by atoms with Crippen LogP contribution >= 0.6 is 0 Å². The summed E-state index contributed by atoms with van der Waals surface area (Å²) >= 11 is 0. The number of amides is 1. The predicted octanol–water partition coefficient (Wildman–Crippen LogP) is 2.12. The lowest BCUT2D eigenvalue weighted by molar-refractivity contribution is -0.133. The van der Waals surface area contributed by atoms with Gasteiger partial charge in [0.2, 0.25) is 0 Å². The number of carbonyl (C=O) groups excluding carboxylic acids is 1. The summed E-state index contributed by atoms with van der Waals surface area (Å²) in [6, 6.07) is 9.05. The molecule has 2 heterocycles. The third-order valence-corrected chi connectivity index (χ3v) is 4.86. The van der Waals surface area contributed by atoms with Gasteiger partial charge in [-0.3, -0.25) is 4.79 Å². The Morgan fingerprint density at radius 3 is 2.48 bits per heavy atom. The number of rotatable bonds is 5. The molecule has 2 aromatic rings. The Bertz CT molecular complexity index is 828. The number of carbonyl (C=O) groups is 2. The molecule has 0 radical (unpaired) electrons. The predicted molar refractivity (Wildman–Crippen MR) is 101 cm³/mol. The van der Waals surface area contributed by atoms with Crippen molar-refractivity contribution in [1.82, 2.24) is 9.88 Å². The van der Waals surface area contributed by atoms with Gasteiger partial charge in [0.05, 0.1) is 5.56 Å². The molecule has 1 N–H and O–H groups in total. The van der Waals surface area contributed by atoms with E-state index in [4.69, 9.17) is 9.84 Å². The Balaban J connectivity index is 1.51. The highest BCUT2D eigenvalue weighted by Gasteiger charge is 2.22. The normalized spacial score (nSPS) is 14.1. The maximum atomic E-state index is 12.4. The zero-order valence-corrected chi connectivity index (χ0v) is 15.5. The van der Waals surface area contributed by atoms with Crippen LogP contribution in [0.5, 0.6) is 5.75 Å². The topological polar surface area (TPSA) is 83.0 Å². The number of carboxylic acid groups (broad SMARTS) is 1. The van der Waals surface area contributed by atoms with Gasteiger partial charge in [-0.25, -0.2) is 9.78 Å². The molecule has 0 saturated carbocycles. The molecule has 0 atom stereocenters. The number of aromatic nitrogens is 1. The van der Waals surface area contributed by atoms with Crippen LogP contribution in [-0.4, -0.2) is 59.7 Å². The van der Waals surface area contributed by atoms with Crippen molar-refractivity contribution in [3.05, 3.63) is 53.2 Å². The zero-order valence-electron chi connectivity index (χ0n) is 15.5. The average Bonchev–Trinajstić information content (AvgIpc) is 2.69. The zero-order chi connectivity index (χ0) is 19.4. The molecule has 1 aliphatic rings. The summed E-state index contributed by atoms with van der Waals surface area (Å²) in [5.41, 5.74) is 2.34. The van der Waals surface area contributed by atoms with Crippen LogP contribution in [0.2, 0.25) is 0 Å². The van der Waals surface area contributed by atoms with Gasteiger partial charge in [0.25, 0.3) is 5.91 Å². The number of ether oxygens (including phenoxy) is 1. The van der Waals surface area contributed by atoms with Crippen molar-refractivity contribution in [1.29, 1.82) is 0 Å². The van der Waals surface area contributed by atoms with E-state index in [1.165, 1.54) is 6.20 Å². The van der Waals surface area contributed by atoms with E-state index < -0.39 is 5.97 Å². The number of anilines is 1. The average molecular weight is 369 g/mol. The number of carboxylic acids is 1. The Hall–Kier alpha value is -3.09. The Labute approximate surface area is 158 Å². The van der Waals surface area contributed by atoms with Crippen LogP contribution in [0.1, 0.15) is 21.5 Å². The summed E-state index contributed by atoms with van der Waals surface area (Å²) in [5.74, 6) is 0.432. The molecular formula is C20H23N3O4. The molecule has 0 aliphatic carbocycles. The van der Waals surface area contributed by atoms with Gasteiger partial charge in [-0.15, -0.1) is 0 Å². The molecule has 27 heavy (non-hydrogen) atoms. The standard InChI is InChI=1S/C20H23N3O4/c1-14-4-3-5-17(15(14)2)27-13-19(24)23-10-8-22(9-11-23)18-7-6-16(12-21-18)20(25)26/h3-7,12H,8-11,13H2,1-2H3,(H,25,26). The SMILES string of the molecule is Cc1cccc(OCC(=O)N2CCN(c3ccc(C(=O)O)cn3)CC2)c1C. The van der Waals surface area contributed by atoms with E-state index >= 15 is 0 Å². The highest BCUT2D eigenvalue weighted by atomic mass is 16.5. The second kappa shape index (κ2) is 8.07. The highest BCUT2D eigenvalue weighted by molar-refractivity contribution is 5.87. The molecular weight excluding hydrogens is 346 g/mol. The molecule has 1 fully saturated rings. The van der Waals surface area contributed by atoms with Crippen molar-refractivity contribution in [2.75, 3.05) is 37.7 Å². The first-order valence-corrected chi connectivity index (χ1v) is 8.87. The number of piperazine rings is 1. The van der Waals surface area contributed by atoms with Crippen LogP contribution in [0.25, 0.3) is 0 Å². The lowest BCUT2D eigenvalue weighted by atomic mass is 10.1.